The maximum absolute atomic E-state index is 12.4. The lowest BCUT2D eigenvalue weighted by atomic mass is 10.1. The van der Waals surface area contributed by atoms with Gasteiger partial charge in [-0.25, -0.2) is 9.97 Å². The molecule has 0 saturated carbocycles. The molecule has 0 aliphatic carbocycles. The molecule has 1 aromatic heterocycles. The Kier molecular flexibility index (Phi) is 5.43. The Balaban J connectivity index is 2.38. The molecule has 0 atom stereocenters. The van der Waals surface area contributed by atoms with E-state index in [1.54, 1.807) is 21.0 Å². The summed E-state index contributed by atoms with van der Waals surface area (Å²) in [6.07, 6.45) is 0. The van der Waals surface area contributed by atoms with Gasteiger partial charge in [0.1, 0.15) is 12.4 Å². The smallest absolute Gasteiger partial charge is 0.257 e. The molecule has 0 aliphatic rings. The maximum atomic E-state index is 12.4. The van der Waals surface area contributed by atoms with Crippen molar-refractivity contribution >= 4 is 27.8 Å². The Bertz CT molecular complexity index is 767. The molecule has 1 aromatic carbocycles. The van der Waals surface area contributed by atoms with Crippen molar-refractivity contribution in [1.82, 2.24) is 14.9 Å². The lowest BCUT2D eigenvalue weighted by Crippen LogP contribution is -2.26. The SMILES string of the molecule is Cc1cc(Br)cc(C)c1OCc1nc(N)nc(C)c1C(=O)N(C)C. The van der Waals surface area contributed by atoms with Gasteiger partial charge >= 0.3 is 0 Å². The number of benzene rings is 1. The molecular weight excluding hydrogens is 372 g/mol. The van der Waals surface area contributed by atoms with Gasteiger partial charge in [-0.2, -0.15) is 0 Å². The molecule has 6 nitrogen and oxygen atoms in total. The van der Waals surface area contributed by atoms with Gasteiger partial charge in [0.05, 0.1) is 17.0 Å². The minimum absolute atomic E-state index is 0.130. The topological polar surface area (TPSA) is 81.3 Å². The van der Waals surface area contributed by atoms with Crippen molar-refractivity contribution in [3.05, 3.63) is 44.7 Å². The van der Waals surface area contributed by atoms with E-state index in [0.717, 1.165) is 21.3 Å². The number of nitrogens with zero attached hydrogens (tertiary/aromatic N) is 3. The second-order valence-corrected chi connectivity index (χ2v) is 6.76. The summed E-state index contributed by atoms with van der Waals surface area (Å²) >= 11 is 3.47. The fourth-order valence-corrected chi connectivity index (χ4v) is 3.21. The summed E-state index contributed by atoms with van der Waals surface area (Å²) < 4.78 is 6.95. The van der Waals surface area contributed by atoms with Crippen molar-refractivity contribution in [3.8, 4) is 5.75 Å². The molecule has 0 aliphatic heterocycles. The number of ether oxygens (including phenoxy) is 1. The van der Waals surface area contributed by atoms with Crippen LogP contribution in [0.3, 0.4) is 0 Å². The summed E-state index contributed by atoms with van der Waals surface area (Å²) in [4.78, 5) is 22.2. The highest BCUT2D eigenvalue weighted by atomic mass is 79.9. The zero-order valence-electron chi connectivity index (χ0n) is 14.5. The summed E-state index contributed by atoms with van der Waals surface area (Å²) in [5.41, 5.74) is 9.21. The average molecular weight is 393 g/mol. The van der Waals surface area contributed by atoms with Gasteiger partial charge < -0.3 is 15.4 Å². The number of carbonyl (C=O) groups is 1. The molecule has 2 N–H and O–H groups in total. The first-order valence-corrected chi connectivity index (χ1v) is 8.24. The van der Waals surface area contributed by atoms with Crippen LogP contribution in [0.2, 0.25) is 0 Å². The van der Waals surface area contributed by atoms with Gasteiger partial charge in [-0.05, 0) is 44.0 Å². The van der Waals surface area contributed by atoms with Gasteiger partial charge in [0.15, 0.2) is 0 Å². The molecule has 0 spiro atoms. The number of nitrogen functional groups attached to an aromatic ring is 1. The number of nitrogens with two attached hydrogens (primary N) is 1. The van der Waals surface area contributed by atoms with Crippen LogP contribution in [0.15, 0.2) is 16.6 Å². The molecule has 2 aromatic rings. The number of carbonyl (C=O) groups excluding carboxylic acids is 1. The predicted molar refractivity (Wildman–Crippen MR) is 97.1 cm³/mol. The van der Waals surface area contributed by atoms with Gasteiger partial charge in [0.25, 0.3) is 5.91 Å². The third kappa shape index (κ3) is 3.84. The van der Waals surface area contributed by atoms with Crippen LogP contribution in [0.4, 0.5) is 5.95 Å². The van der Waals surface area contributed by atoms with E-state index in [0.29, 0.717) is 17.0 Å². The zero-order valence-corrected chi connectivity index (χ0v) is 16.1. The van der Waals surface area contributed by atoms with Gasteiger partial charge in [0, 0.05) is 18.6 Å². The molecular formula is C17H21BrN4O2. The van der Waals surface area contributed by atoms with Gasteiger partial charge in [-0.3, -0.25) is 4.79 Å². The quantitative estimate of drug-likeness (QED) is 0.864. The van der Waals surface area contributed by atoms with E-state index in [9.17, 15) is 4.79 Å². The van der Waals surface area contributed by atoms with Crippen molar-refractivity contribution < 1.29 is 9.53 Å². The van der Waals surface area contributed by atoms with Crippen LogP contribution in [-0.2, 0) is 6.61 Å². The van der Waals surface area contributed by atoms with E-state index in [1.807, 2.05) is 26.0 Å². The van der Waals surface area contributed by atoms with Crippen LogP contribution >= 0.6 is 15.9 Å². The fourth-order valence-electron chi connectivity index (χ4n) is 2.53. The van der Waals surface area contributed by atoms with Crippen LogP contribution in [0.1, 0.15) is 32.9 Å². The number of halogens is 1. The van der Waals surface area contributed by atoms with Crippen LogP contribution in [0.25, 0.3) is 0 Å². The Hall–Kier alpha value is -2.15. The normalized spacial score (nSPS) is 10.6. The number of anilines is 1. The monoisotopic (exact) mass is 392 g/mol. The van der Waals surface area contributed by atoms with Crippen LogP contribution < -0.4 is 10.5 Å². The molecule has 0 bridgehead atoms. The van der Waals surface area contributed by atoms with Crippen molar-refractivity contribution in [2.45, 2.75) is 27.4 Å². The van der Waals surface area contributed by atoms with E-state index in [4.69, 9.17) is 10.5 Å². The lowest BCUT2D eigenvalue weighted by Gasteiger charge is -2.17. The maximum Gasteiger partial charge on any atom is 0.257 e. The molecule has 128 valence electrons. The average Bonchev–Trinajstić information content (AvgIpc) is 2.44. The first kappa shape index (κ1) is 18.2. The van der Waals surface area contributed by atoms with Crippen LogP contribution in [0, 0.1) is 20.8 Å². The third-order valence-electron chi connectivity index (χ3n) is 3.58. The highest BCUT2D eigenvalue weighted by molar-refractivity contribution is 9.10. The standard InChI is InChI=1S/C17H21BrN4O2/c1-9-6-12(18)7-10(2)15(9)24-8-13-14(16(23)22(4)5)11(3)20-17(19)21-13/h6-7H,8H2,1-5H3,(H2,19,20,21). The number of aryl methyl sites for hydroxylation is 3. The molecule has 0 saturated heterocycles. The minimum Gasteiger partial charge on any atom is -0.487 e. The van der Waals surface area contributed by atoms with Crippen LogP contribution in [-0.4, -0.2) is 34.9 Å². The van der Waals surface area contributed by atoms with E-state index in [2.05, 4.69) is 25.9 Å². The van der Waals surface area contributed by atoms with Crippen molar-refractivity contribution in [3.63, 3.8) is 0 Å². The van der Waals surface area contributed by atoms with Gasteiger partial charge in [-0.15, -0.1) is 0 Å². The number of rotatable bonds is 4. The van der Waals surface area contributed by atoms with Gasteiger partial charge in [-0.1, -0.05) is 15.9 Å². The number of hydrogen-bond acceptors (Lipinski definition) is 5. The Morgan fingerprint density at radius 2 is 1.79 bits per heavy atom. The molecule has 0 radical (unpaired) electrons. The lowest BCUT2D eigenvalue weighted by molar-refractivity contribution is 0.0823. The van der Waals surface area contributed by atoms with E-state index < -0.39 is 0 Å². The zero-order chi connectivity index (χ0) is 18.0. The molecule has 1 heterocycles. The molecule has 0 unspecified atom stereocenters. The van der Waals surface area contributed by atoms with E-state index in [-0.39, 0.29) is 18.5 Å². The first-order valence-electron chi connectivity index (χ1n) is 7.45. The summed E-state index contributed by atoms with van der Waals surface area (Å²) in [5.74, 6) is 0.734. The molecule has 2 rings (SSSR count). The van der Waals surface area contributed by atoms with E-state index in [1.165, 1.54) is 4.90 Å². The van der Waals surface area contributed by atoms with Gasteiger partial charge in [0.2, 0.25) is 5.95 Å². The summed E-state index contributed by atoms with van der Waals surface area (Å²) in [6, 6.07) is 3.96. The highest BCUT2D eigenvalue weighted by Crippen LogP contribution is 2.28. The fraction of sp³-hybridized carbons (Fsp3) is 0.353. The molecule has 1 amide bonds. The largest absolute Gasteiger partial charge is 0.487 e. The van der Waals surface area contributed by atoms with Crippen molar-refractivity contribution in [2.75, 3.05) is 19.8 Å². The second-order valence-electron chi connectivity index (χ2n) is 5.85. The molecule has 7 heteroatoms. The Labute approximate surface area is 150 Å². The third-order valence-corrected chi connectivity index (χ3v) is 4.04. The highest BCUT2D eigenvalue weighted by Gasteiger charge is 2.20. The number of aromatic nitrogens is 2. The first-order chi connectivity index (χ1) is 11.2. The number of hydrogen-bond donors (Lipinski definition) is 1. The summed E-state index contributed by atoms with van der Waals surface area (Å²) in [5, 5.41) is 0. The van der Waals surface area contributed by atoms with E-state index >= 15 is 0 Å². The summed E-state index contributed by atoms with van der Waals surface area (Å²) in [7, 11) is 3.37. The van der Waals surface area contributed by atoms with Crippen molar-refractivity contribution in [2.24, 2.45) is 0 Å². The Morgan fingerprint density at radius 3 is 2.33 bits per heavy atom. The number of amides is 1. The molecule has 24 heavy (non-hydrogen) atoms. The molecule has 0 fully saturated rings. The predicted octanol–water partition coefficient (Wildman–Crippen LogP) is 3.03. The summed E-state index contributed by atoms with van der Waals surface area (Å²) in [6.45, 7) is 5.83. The minimum atomic E-state index is -0.171. The Morgan fingerprint density at radius 1 is 1.21 bits per heavy atom. The van der Waals surface area contributed by atoms with Crippen molar-refractivity contribution in [1.29, 1.82) is 0 Å². The second kappa shape index (κ2) is 7.17. The van der Waals surface area contributed by atoms with Crippen LogP contribution in [0.5, 0.6) is 5.75 Å².